The zero-order chi connectivity index (χ0) is 10.9. The molecule has 1 saturated carbocycles. The molecule has 2 rings (SSSR count). The summed E-state index contributed by atoms with van der Waals surface area (Å²) in [6, 6.07) is 0. The van der Waals surface area contributed by atoms with Crippen molar-refractivity contribution in [3.05, 3.63) is 23.3 Å². The fourth-order valence-electron chi connectivity index (χ4n) is 3.07. The third kappa shape index (κ3) is 2.03. The summed E-state index contributed by atoms with van der Waals surface area (Å²) in [5.41, 5.74) is 1.95. The average Bonchev–Trinajstić information content (AvgIpc) is 2.25. The van der Waals surface area contributed by atoms with E-state index >= 15 is 0 Å². The molecule has 0 spiro atoms. The minimum atomic E-state index is -0.528. The standard InChI is InChI=1S/C14H22O/c1-11-8-9-14(15,12(2)10-11)13-6-4-3-5-7-13/h8,10,13,15H,3-7,9H2,1-2H3. The second-order valence-electron chi connectivity index (χ2n) is 5.24. The van der Waals surface area contributed by atoms with Crippen molar-refractivity contribution in [1.29, 1.82) is 0 Å². The van der Waals surface area contributed by atoms with Gasteiger partial charge >= 0.3 is 0 Å². The molecule has 0 aromatic carbocycles. The Labute approximate surface area is 92.9 Å². The topological polar surface area (TPSA) is 20.2 Å². The Bertz CT molecular complexity index is 294. The monoisotopic (exact) mass is 206 g/mol. The lowest BCUT2D eigenvalue weighted by molar-refractivity contribution is 0.00129. The first-order valence-electron chi connectivity index (χ1n) is 6.21. The first-order chi connectivity index (χ1) is 7.13. The molecule has 0 heterocycles. The predicted octanol–water partition coefficient (Wildman–Crippen LogP) is 3.59. The highest BCUT2D eigenvalue weighted by molar-refractivity contribution is 5.33. The lowest BCUT2D eigenvalue weighted by Gasteiger charge is -2.40. The van der Waals surface area contributed by atoms with Gasteiger partial charge < -0.3 is 5.11 Å². The van der Waals surface area contributed by atoms with Gasteiger partial charge in [-0.15, -0.1) is 0 Å². The van der Waals surface area contributed by atoms with Crippen LogP contribution in [0.2, 0.25) is 0 Å². The Morgan fingerprint density at radius 1 is 1.20 bits per heavy atom. The molecule has 84 valence electrons. The molecule has 1 atom stereocenters. The van der Waals surface area contributed by atoms with Gasteiger partial charge in [0.1, 0.15) is 0 Å². The lowest BCUT2D eigenvalue weighted by Crippen LogP contribution is -2.41. The molecule has 15 heavy (non-hydrogen) atoms. The molecule has 0 saturated heterocycles. The highest BCUT2D eigenvalue weighted by Crippen LogP contribution is 2.41. The second kappa shape index (κ2) is 4.13. The van der Waals surface area contributed by atoms with Gasteiger partial charge in [0, 0.05) is 0 Å². The Hall–Kier alpha value is -0.560. The zero-order valence-electron chi connectivity index (χ0n) is 9.92. The Balaban J connectivity index is 2.16. The van der Waals surface area contributed by atoms with Crippen molar-refractivity contribution < 1.29 is 5.11 Å². The summed E-state index contributed by atoms with van der Waals surface area (Å²) < 4.78 is 0. The van der Waals surface area contributed by atoms with Crippen molar-refractivity contribution in [1.82, 2.24) is 0 Å². The van der Waals surface area contributed by atoms with Crippen molar-refractivity contribution in [2.45, 2.75) is 58.0 Å². The van der Waals surface area contributed by atoms with E-state index in [1.165, 1.54) is 43.3 Å². The molecule has 2 aliphatic carbocycles. The number of hydrogen-bond acceptors (Lipinski definition) is 1. The molecule has 1 heteroatoms. The SMILES string of the molecule is CC1=CCC(O)(C2CCCCC2)C(C)=C1. The van der Waals surface area contributed by atoms with Crippen LogP contribution in [0.3, 0.4) is 0 Å². The summed E-state index contributed by atoms with van der Waals surface area (Å²) >= 11 is 0. The van der Waals surface area contributed by atoms with Crippen molar-refractivity contribution >= 4 is 0 Å². The molecule has 0 bridgehead atoms. The number of allylic oxidation sites excluding steroid dienone is 2. The highest BCUT2D eigenvalue weighted by Gasteiger charge is 2.38. The minimum Gasteiger partial charge on any atom is -0.385 e. The first kappa shape index (κ1) is 10.9. The Kier molecular flexibility index (Phi) is 3.01. The maximum atomic E-state index is 10.8. The summed E-state index contributed by atoms with van der Waals surface area (Å²) in [7, 11) is 0. The quantitative estimate of drug-likeness (QED) is 0.695. The number of hydrogen-bond donors (Lipinski definition) is 1. The third-order valence-corrected chi connectivity index (χ3v) is 4.14. The van der Waals surface area contributed by atoms with Crippen LogP contribution in [0.1, 0.15) is 52.4 Å². The van der Waals surface area contributed by atoms with Crippen LogP contribution in [0.5, 0.6) is 0 Å². The van der Waals surface area contributed by atoms with Gasteiger partial charge in [-0.1, -0.05) is 37.0 Å². The van der Waals surface area contributed by atoms with E-state index in [1.807, 2.05) is 0 Å². The molecule has 0 amide bonds. The molecule has 1 unspecified atom stereocenters. The summed E-state index contributed by atoms with van der Waals surface area (Å²) in [5.74, 6) is 0.492. The fraction of sp³-hybridized carbons (Fsp3) is 0.714. The van der Waals surface area contributed by atoms with E-state index in [0.29, 0.717) is 5.92 Å². The van der Waals surface area contributed by atoms with Gasteiger partial charge in [-0.05, 0) is 44.6 Å². The van der Waals surface area contributed by atoms with Gasteiger partial charge in [-0.25, -0.2) is 0 Å². The van der Waals surface area contributed by atoms with Gasteiger partial charge in [0.25, 0.3) is 0 Å². The van der Waals surface area contributed by atoms with Gasteiger partial charge in [-0.3, -0.25) is 0 Å². The van der Waals surface area contributed by atoms with Crippen molar-refractivity contribution in [3.63, 3.8) is 0 Å². The van der Waals surface area contributed by atoms with E-state index in [2.05, 4.69) is 26.0 Å². The molecular formula is C14H22O. The van der Waals surface area contributed by atoms with Crippen LogP contribution in [-0.4, -0.2) is 10.7 Å². The molecule has 0 aromatic rings. The van der Waals surface area contributed by atoms with Crippen molar-refractivity contribution in [2.75, 3.05) is 0 Å². The summed E-state index contributed by atoms with van der Waals surface area (Å²) in [6.07, 6.45) is 11.5. The lowest BCUT2D eigenvalue weighted by atomic mass is 9.70. The van der Waals surface area contributed by atoms with Crippen LogP contribution in [0.15, 0.2) is 23.3 Å². The van der Waals surface area contributed by atoms with Gasteiger partial charge in [0.05, 0.1) is 5.60 Å². The first-order valence-corrected chi connectivity index (χ1v) is 6.21. The zero-order valence-corrected chi connectivity index (χ0v) is 9.92. The largest absolute Gasteiger partial charge is 0.385 e. The fourth-order valence-corrected chi connectivity index (χ4v) is 3.07. The van der Waals surface area contributed by atoms with Crippen LogP contribution in [0.25, 0.3) is 0 Å². The molecule has 1 fully saturated rings. The Morgan fingerprint density at radius 3 is 2.47 bits per heavy atom. The number of aliphatic hydroxyl groups is 1. The summed E-state index contributed by atoms with van der Waals surface area (Å²) in [4.78, 5) is 0. The molecule has 0 aromatic heterocycles. The van der Waals surface area contributed by atoms with E-state index in [1.54, 1.807) is 0 Å². The smallest absolute Gasteiger partial charge is 0.0919 e. The van der Waals surface area contributed by atoms with Crippen LogP contribution in [-0.2, 0) is 0 Å². The minimum absolute atomic E-state index is 0.492. The van der Waals surface area contributed by atoms with Gasteiger partial charge in [0.15, 0.2) is 0 Å². The van der Waals surface area contributed by atoms with E-state index in [9.17, 15) is 5.11 Å². The molecule has 1 nitrogen and oxygen atoms in total. The van der Waals surface area contributed by atoms with Gasteiger partial charge in [0.2, 0.25) is 0 Å². The molecular weight excluding hydrogens is 184 g/mol. The molecule has 2 aliphatic rings. The number of rotatable bonds is 1. The predicted molar refractivity (Wildman–Crippen MR) is 63.7 cm³/mol. The van der Waals surface area contributed by atoms with Crippen LogP contribution >= 0.6 is 0 Å². The van der Waals surface area contributed by atoms with E-state index in [-0.39, 0.29) is 0 Å². The molecule has 1 N–H and O–H groups in total. The van der Waals surface area contributed by atoms with E-state index in [4.69, 9.17) is 0 Å². The molecule has 0 aliphatic heterocycles. The average molecular weight is 206 g/mol. The third-order valence-electron chi connectivity index (χ3n) is 4.14. The van der Waals surface area contributed by atoms with Crippen LogP contribution in [0, 0.1) is 5.92 Å². The van der Waals surface area contributed by atoms with E-state index in [0.717, 1.165) is 6.42 Å². The van der Waals surface area contributed by atoms with Crippen LogP contribution in [0.4, 0.5) is 0 Å². The summed E-state index contributed by atoms with van der Waals surface area (Å²) in [6.45, 7) is 4.20. The highest BCUT2D eigenvalue weighted by atomic mass is 16.3. The molecule has 0 radical (unpaired) electrons. The van der Waals surface area contributed by atoms with Crippen molar-refractivity contribution in [3.8, 4) is 0 Å². The second-order valence-corrected chi connectivity index (χ2v) is 5.24. The normalized spacial score (nSPS) is 33.5. The van der Waals surface area contributed by atoms with Crippen molar-refractivity contribution in [2.24, 2.45) is 5.92 Å². The summed E-state index contributed by atoms with van der Waals surface area (Å²) in [5, 5.41) is 10.8. The maximum absolute atomic E-state index is 10.8. The Morgan fingerprint density at radius 2 is 1.87 bits per heavy atom. The maximum Gasteiger partial charge on any atom is 0.0919 e. The van der Waals surface area contributed by atoms with Crippen LogP contribution < -0.4 is 0 Å². The van der Waals surface area contributed by atoms with E-state index < -0.39 is 5.60 Å². The van der Waals surface area contributed by atoms with Gasteiger partial charge in [-0.2, -0.15) is 0 Å².